The maximum atomic E-state index is 13.3. The van der Waals surface area contributed by atoms with E-state index in [4.69, 9.17) is 0 Å². The Labute approximate surface area is 155 Å². The number of carbonyl (C=O) groups excluding carboxylic acids is 1. The number of aromatic nitrogens is 2. The second-order valence-electron chi connectivity index (χ2n) is 6.03. The Morgan fingerprint density at radius 2 is 2.19 bits per heavy atom. The highest BCUT2D eigenvalue weighted by molar-refractivity contribution is 5.99. The van der Waals surface area contributed by atoms with Gasteiger partial charge in [-0.3, -0.25) is 9.59 Å². The Bertz CT molecular complexity index is 1010. The predicted molar refractivity (Wildman–Crippen MR) is 103 cm³/mol. The fourth-order valence-corrected chi connectivity index (χ4v) is 2.56. The summed E-state index contributed by atoms with van der Waals surface area (Å²) in [5.74, 6) is -0.110. The molecule has 138 valence electrons. The zero-order valence-electron chi connectivity index (χ0n) is 14.9. The van der Waals surface area contributed by atoms with E-state index in [1.165, 1.54) is 29.0 Å². The van der Waals surface area contributed by atoms with Gasteiger partial charge in [-0.25, -0.2) is 14.1 Å². The van der Waals surface area contributed by atoms with Gasteiger partial charge in [0.2, 0.25) is 5.91 Å². The molecule has 0 spiro atoms. The van der Waals surface area contributed by atoms with Crippen molar-refractivity contribution in [2.24, 2.45) is 4.99 Å². The zero-order chi connectivity index (χ0) is 19.2. The summed E-state index contributed by atoms with van der Waals surface area (Å²) in [4.78, 5) is 28.0. The van der Waals surface area contributed by atoms with Gasteiger partial charge in [-0.2, -0.15) is 0 Å². The Hall–Kier alpha value is -3.35. The molecule has 0 unspecified atom stereocenters. The summed E-state index contributed by atoms with van der Waals surface area (Å²) >= 11 is 0. The fourth-order valence-electron chi connectivity index (χ4n) is 2.56. The maximum absolute atomic E-state index is 13.3. The lowest BCUT2D eigenvalue weighted by Gasteiger charge is -2.09. The average Bonchev–Trinajstić information content (AvgIpc) is 2.65. The molecule has 1 aromatic heterocycles. The molecule has 1 aliphatic rings. The summed E-state index contributed by atoms with van der Waals surface area (Å²) in [6.45, 7) is 2.01. The summed E-state index contributed by atoms with van der Waals surface area (Å²) in [5.41, 5.74) is 1.75. The van der Waals surface area contributed by atoms with E-state index in [0.717, 1.165) is 5.56 Å². The summed E-state index contributed by atoms with van der Waals surface area (Å²) < 4.78 is 14.6. The number of aliphatic imine (C=N–C) groups is 1. The molecule has 0 bridgehead atoms. The van der Waals surface area contributed by atoms with E-state index in [2.05, 4.69) is 15.4 Å². The van der Waals surface area contributed by atoms with E-state index >= 15 is 0 Å². The van der Waals surface area contributed by atoms with Crippen LogP contribution in [0.25, 0.3) is 0 Å². The topological polar surface area (TPSA) is 76.3 Å². The number of nitrogens with zero attached hydrogens (tertiary/aromatic N) is 3. The lowest BCUT2D eigenvalue weighted by atomic mass is 10.1. The molecule has 6 nitrogen and oxygen atoms in total. The maximum Gasteiger partial charge on any atom is 0.267 e. The van der Waals surface area contributed by atoms with Gasteiger partial charge in [-0.05, 0) is 35.9 Å². The second kappa shape index (κ2) is 8.35. The number of carbonyl (C=O) groups is 1. The molecule has 7 heteroatoms. The third-order valence-electron chi connectivity index (χ3n) is 3.88. The molecule has 27 heavy (non-hydrogen) atoms. The van der Waals surface area contributed by atoms with Crippen LogP contribution in [-0.4, -0.2) is 21.4 Å². The smallest absolute Gasteiger partial charge is 0.267 e. The van der Waals surface area contributed by atoms with Crippen LogP contribution in [0.1, 0.15) is 25.3 Å². The van der Waals surface area contributed by atoms with Crippen molar-refractivity contribution < 1.29 is 9.18 Å². The third-order valence-corrected chi connectivity index (χ3v) is 3.88. The highest BCUT2D eigenvalue weighted by Gasteiger charge is 2.06. The van der Waals surface area contributed by atoms with Crippen LogP contribution in [0.15, 0.2) is 70.2 Å². The number of anilines is 1. The molecule has 1 N–H and O–H groups in total. The van der Waals surface area contributed by atoms with E-state index in [1.54, 1.807) is 31.2 Å². The summed E-state index contributed by atoms with van der Waals surface area (Å²) in [5, 5.41) is 7.03. The minimum Gasteiger partial charge on any atom is -0.326 e. The monoisotopic (exact) mass is 366 g/mol. The number of hydrogen-bond acceptors (Lipinski definition) is 4. The molecule has 0 atom stereocenters. The second-order valence-corrected chi connectivity index (χ2v) is 6.03. The summed E-state index contributed by atoms with van der Waals surface area (Å²) in [6.07, 6.45) is 5.31. The van der Waals surface area contributed by atoms with E-state index in [1.807, 2.05) is 6.07 Å². The Kier molecular flexibility index (Phi) is 5.71. The van der Waals surface area contributed by atoms with Crippen molar-refractivity contribution in [1.29, 1.82) is 0 Å². The van der Waals surface area contributed by atoms with Gasteiger partial charge in [0.25, 0.3) is 5.56 Å². The largest absolute Gasteiger partial charge is 0.326 e. The first kappa shape index (κ1) is 18.4. The molecule has 3 rings (SSSR count). The molecule has 1 aliphatic carbocycles. The van der Waals surface area contributed by atoms with Crippen LogP contribution >= 0.6 is 0 Å². The van der Waals surface area contributed by atoms with Crippen LogP contribution in [0.5, 0.6) is 0 Å². The first-order valence-electron chi connectivity index (χ1n) is 8.62. The number of benzene rings is 1. The van der Waals surface area contributed by atoms with Crippen LogP contribution in [0.3, 0.4) is 0 Å². The minimum absolute atomic E-state index is 0.0814. The molecular formula is C20H19FN4O2. The first-order valence-corrected chi connectivity index (χ1v) is 8.62. The number of hydrogen-bond donors (Lipinski definition) is 1. The SMILES string of the molecule is CCC(=O)Nc1cccc(Cn2nc(N=C3C=C(F)C=CC3)ccc2=O)c1. The van der Waals surface area contributed by atoms with Crippen LogP contribution in [-0.2, 0) is 11.3 Å². The van der Waals surface area contributed by atoms with Crippen molar-refractivity contribution in [3.63, 3.8) is 0 Å². The van der Waals surface area contributed by atoms with Gasteiger partial charge in [0.05, 0.1) is 6.54 Å². The van der Waals surface area contributed by atoms with Crippen molar-refractivity contribution in [3.05, 3.63) is 76.4 Å². The van der Waals surface area contributed by atoms with Crippen LogP contribution in [0.2, 0.25) is 0 Å². The average molecular weight is 366 g/mol. The van der Waals surface area contributed by atoms with Gasteiger partial charge in [0.15, 0.2) is 5.82 Å². The van der Waals surface area contributed by atoms with Gasteiger partial charge >= 0.3 is 0 Å². The van der Waals surface area contributed by atoms with Gasteiger partial charge in [-0.15, -0.1) is 5.10 Å². The quantitative estimate of drug-likeness (QED) is 0.879. The molecular weight excluding hydrogens is 347 g/mol. The van der Waals surface area contributed by atoms with Crippen molar-refractivity contribution in [2.75, 3.05) is 5.32 Å². The molecule has 0 radical (unpaired) electrons. The van der Waals surface area contributed by atoms with E-state index in [0.29, 0.717) is 30.1 Å². The van der Waals surface area contributed by atoms with Gasteiger partial charge in [0.1, 0.15) is 5.83 Å². The van der Waals surface area contributed by atoms with E-state index in [-0.39, 0.29) is 23.8 Å². The Balaban J connectivity index is 1.82. The number of halogens is 1. The lowest BCUT2D eigenvalue weighted by molar-refractivity contribution is -0.115. The number of nitrogens with one attached hydrogen (secondary N) is 1. The van der Waals surface area contributed by atoms with Crippen LogP contribution < -0.4 is 10.9 Å². The van der Waals surface area contributed by atoms with Crippen molar-refractivity contribution in [3.8, 4) is 0 Å². The number of amides is 1. The summed E-state index contributed by atoms with van der Waals surface area (Å²) in [7, 11) is 0. The third kappa shape index (κ3) is 5.07. The van der Waals surface area contributed by atoms with Crippen LogP contribution in [0.4, 0.5) is 15.9 Å². The molecule has 1 heterocycles. The Morgan fingerprint density at radius 1 is 1.33 bits per heavy atom. The number of allylic oxidation sites excluding steroid dienone is 4. The predicted octanol–water partition coefficient (Wildman–Crippen LogP) is 3.53. The molecule has 0 aliphatic heterocycles. The van der Waals surface area contributed by atoms with Crippen molar-refractivity contribution in [2.45, 2.75) is 26.3 Å². The molecule has 2 aromatic rings. The highest BCUT2D eigenvalue weighted by atomic mass is 19.1. The van der Waals surface area contributed by atoms with Gasteiger partial charge in [-0.1, -0.05) is 25.1 Å². The molecule has 0 fully saturated rings. The fraction of sp³-hybridized carbons (Fsp3) is 0.200. The molecule has 0 saturated carbocycles. The van der Waals surface area contributed by atoms with Gasteiger partial charge < -0.3 is 5.32 Å². The standard InChI is InChI=1S/C20H19FN4O2/c1-2-19(26)23-16-7-3-5-14(11-16)13-25-20(27)10-9-18(24-25)22-17-8-4-6-15(21)12-17/h3-7,9-12H,2,8,13H2,1H3,(H,23,26). The first-order chi connectivity index (χ1) is 13.0. The summed E-state index contributed by atoms with van der Waals surface area (Å²) in [6, 6.07) is 10.1. The van der Waals surface area contributed by atoms with E-state index < -0.39 is 0 Å². The van der Waals surface area contributed by atoms with Crippen molar-refractivity contribution >= 4 is 23.1 Å². The van der Waals surface area contributed by atoms with Crippen LogP contribution in [0, 0.1) is 0 Å². The molecule has 1 amide bonds. The lowest BCUT2D eigenvalue weighted by Crippen LogP contribution is -2.22. The highest BCUT2D eigenvalue weighted by Crippen LogP contribution is 2.15. The number of rotatable bonds is 5. The minimum atomic E-state index is -0.362. The molecule has 1 aromatic carbocycles. The van der Waals surface area contributed by atoms with Crippen molar-refractivity contribution in [1.82, 2.24) is 9.78 Å². The zero-order valence-corrected chi connectivity index (χ0v) is 14.9. The normalized spacial score (nSPS) is 14.9. The van der Waals surface area contributed by atoms with E-state index in [9.17, 15) is 14.0 Å². The molecule has 0 saturated heterocycles. The van der Waals surface area contributed by atoms with Gasteiger partial charge in [0, 0.05) is 30.3 Å². The Morgan fingerprint density at radius 3 is 2.96 bits per heavy atom.